The lowest BCUT2D eigenvalue weighted by Crippen LogP contribution is -2.74. The topological polar surface area (TPSA) is 135 Å². The number of nitrogens with one attached hydrogen (secondary N) is 2. The summed E-state index contributed by atoms with van der Waals surface area (Å²) in [5.74, 6) is 0.675. The van der Waals surface area contributed by atoms with E-state index in [-0.39, 0.29) is 42.6 Å². The Kier molecular flexibility index (Phi) is 11.2. The summed E-state index contributed by atoms with van der Waals surface area (Å²) in [5.41, 5.74) is 1.32. The number of rotatable bonds is 9. The summed E-state index contributed by atoms with van der Waals surface area (Å²) < 4.78 is 6.91. The number of carbonyl (C=O) groups is 3. The van der Waals surface area contributed by atoms with E-state index in [9.17, 15) is 24.7 Å². The van der Waals surface area contributed by atoms with Gasteiger partial charge in [0.15, 0.2) is 0 Å². The molecular formula is C36H45ClN5O6+. The third-order valence-corrected chi connectivity index (χ3v) is 10.0. The number of aromatic nitrogens is 1. The molecule has 12 heteroatoms. The highest BCUT2D eigenvalue weighted by atomic mass is 35.5. The number of halogens is 1. The van der Waals surface area contributed by atoms with Crippen molar-refractivity contribution in [2.45, 2.75) is 75.7 Å². The zero-order chi connectivity index (χ0) is 33.0. The third-order valence-electron chi connectivity index (χ3n) is 10.0. The average Bonchev–Trinajstić information content (AvgIpc) is 3.10. The molecule has 6 rings (SSSR count). The molecule has 2 aliphatic heterocycles. The molecule has 3 heterocycles. The van der Waals surface area contributed by atoms with Gasteiger partial charge in [0.05, 0.1) is 12.6 Å². The van der Waals surface area contributed by atoms with Crippen LogP contribution in [-0.4, -0.2) is 75.7 Å². The van der Waals surface area contributed by atoms with Crippen molar-refractivity contribution in [1.29, 1.82) is 0 Å². The van der Waals surface area contributed by atoms with Gasteiger partial charge in [0.1, 0.15) is 23.1 Å². The minimum absolute atomic E-state index is 0. The molecule has 3 aliphatic rings. The first kappa shape index (κ1) is 35.1. The van der Waals surface area contributed by atoms with Crippen LogP contribution in [-0.2, 0) is 22.7 Å². The lowest BCUT2D eigenvalue weighted by molar-refractivity contribution is -0.905. The van der Waals surface area contributed by atoms with Crippen molar-refractivity contribution in [2.75, 3.05) is 20.1 Å². The molecular weight excluding hydrogens is 634 g/mol. The highest BCUT2D eigenvalue weighted by Crippen LogP contribution is 2.37. The third kappa shape index (κ3) is 7.59. The van der Waals surface area contributed by atoms with Gasteiger partial charge < -0.3 is 25.4 Å². The van der Waals surface area contributed by atoms with E-state index in [0.29, 0.717) is 55.1 Å². The molecule has 1 saturated carbocycles. The highest BCUT2D eigenvalue weighted by Gasteiger charge is 2.55. The predicted molar refractivity (Wildman–Crippen MR) is 180 cm³/mol. The minimum Gasteiger partial charge on any atom is -0.457 e. The number of aliphatic hydroxyl groups is 1. The van der Waals surface area contributed by atoms with Crippen molar-refractivity contribution in [3.63, 3.8) is 0 Å². The minimum atomic E-state index is -1.04. The molecule has 1 spiro atoms. The smallest absolute Gasteiger partial charge is 0.251 e. The molecule has 11 nitrogen and oxygen atoms in total. The van der Waals surface area contributed by atoms with E-state index in [1.54, 1.807) is 48.5 Å². The number of pyridine rings is 1. The molecule has 0 unspecified atom stereocenters. The summed E-state index contributed by atoms with van der Waals surface area (Å²) in [4.78, 5) is 43.9. The fourth-order valence-corrected chi connectivity index (χ4v) is 7.29. The van der Waals surface area contributed by atoms with Crippen LogP contribution in [0.5, 0.6) is 11.5 Å². The van der Waals surface area contributed by atoms with E-state index in [4.69, 9.17) is 4.74 Å². The first-order valence-electron chi connectivity index (χ1n) is 16.6. The van der Waals surface area contributed by atoms with Crippen LogP contribution in [0.2, 0.25) is 0 Å². The van der Waals surface area contributed by atoms with Crippen LogP contribution < -0.4 is 20.1 Å². The molecule has 3 amide bonds. The Hall–Kier alpha value is -4.19. The largest absolute Gasteiger partial charge is 0.457 e. The van der Waals surface area contributed by atoms with Crippen molar-refractivity contribution in [3.8, 4) is 11.5 Å². The number of amides is 3. The predicted octanol–water partition coefficient (Wildman–Crippen LogP) is 3.59. The molecule has 0 bridgehead atoms. The number of aliphatic hydroxyl groups excluding tert-OH is 1. The zero-order valence-corrected chi connectivity index (χ0v) is 28.0. The lowest BCUT2D eigenvalue weighted by atomic mass is 9.77. The second kappa shape index (κ2) is 15.4. The van der Waals surface area contributed by atoms with Crippen LogP contribution in [0.4, 0.5) is 0 Å². The van der Waals surface area contributed by atoms with E-state index in [2.05, 4.69) is 15.5 Å². The van der Waals surface area contributed by atoms with Crippen molar-refractivity contribution < 1.29 is 34.2 Å². The van der Waals surface area contributed by atoms with Crippen LogP contribution >= 0.6 is 12.4 Å². The fourth-order valence-electron chi connectivity index (χ4n) is 7.29. The van der Waals surface area contributed by atoms with Crippen molar-refractivity contribution in [3.05, 3.63) is 89.7 Å². The van der Waals surface area contributed by atoms with Gasteiger partial charge in [-0.2, -0.15) is 0 Å². The Morgan fingerprint density at radius 3 is 2.25 bits per heavy atom. The number of hydrogen-bond donors (Lipinski definition) is 4. The lowest BCUT2D eigenvalue weighted by Gasteiger charge is -2.52. The number of carbonyl (C=O) groups excluding carboxylic acids is 3. The number of nitrogens with zero attached hydrogens (tertiary/aromatic N) is 3. The SMILES string of the molecule is CNC(=O)c1ccc(Oc2ccc(CN3CCC4(CC3)C(=O)N[C@H]([C@H](O)C3CCCCC3)C(=O)N4Cc3ccc[n+](O)c3)cc2)cc1.Cl. The van der Waals surface area contributed by atoms with E-state index in [1.165, 1.54) is 6.20 Å². The molecule has 48 heavy (non-hydrogen) atoms. The number of likely N-dealkylation sites (tertiary alicyclic amines) is 1. The summed E-state index contributed by atoms with van der Waals surface area (Å²) in [6, 6.07) is 17.4. The summed E-state index contributed by atoms with van der Waals surface area (Å²) in [7, 11) is 1.59. The Morgan fingerprint density at radius 2 is 1.62 bits per heavy atom. The van der Waals surface area contributed by atoms with Crippen LogP contribution in [0.25, 0.3) is 0 Å². The van der Waals surface area contributed by atoms with Crippen molar-refractivity contribution in [1.82, 2.24) is 20.4 Å². The van der Waals surface area contributed by atoms with Gasteiger partial charge in [0.2, 0.25) is 24.2 Å². The Labute approximate surface area is 287 Å². The van der Waals surface area contributed by atoms with E-state index in [1.807, 2.05) is 30.3 Å². The molecule has 1 aromatic heterocycles. The first-order chi connectivity index (χ1) is 22.8. The Balaban J connectivity index is 0.00000451. The maximum Gasteiger partial charge on any atom is 0.251 e. The normalized spacial score (nSPS) is 20.5. The standard InChI is InChI=1S/C36H43N5O6.ClH/c1-37-33(43)28-11-15-30(16-12-28)47-29-13-9-25(10-14-29)22-39-20-17-36(18-21-39)35(45)38-31(32(42)27-7-3-2-4-8-27)34(44)41(36)24-26-6-5-19-40(46)23-26;/h5-6,9-16,19,23,27,31-32,42H,2-4,7-8,17-18,20-22,24H2,1H3,(H2-,37,38,43,45,46);1H/p+1/t31-,32-;/m1./s1. The Morgan fingerprint density at radius 1 is 0.979 bits per heavy atom. The number of piperazine rings is 1. The second-order valence-corrected chi connectivity index (χ2v) is 13.0. The van der Waals surface area contributed by atoms with E-state index < -0.39 is 17.7 Å². The molecule has 0 radical (unpaired) electrons. The van der Waals surface area contributed by atoms with E-state index in [0.717, 1.165) is 42.4 Å². The van der Waals surface area contributed by atoms with E-state index >= 15 is 0 Å². The van der Waals surface area contributed by atoms with Gasteiger partial charge in [-0.05, 0) is 79.6 Å². The van der Waals surface area contributed by atoms with Crippen molar-refractivity contribution >= 4 is 30.1 Å². The molecule has 256 valence electrons. The maximum absolute atomic E-state index is 14.2. The summed E-state index contributed by atoms with van der Waals surface area (Å²) in [5, 5.41) is 26.9. The fraction of sp³-hybridized carbons (Fsp3) is 0.444. The Bertz CT molecular complexity index is 1570. The van der Waals surface area contributed by atoms with Gasteiger partial charge in [-0.3, -0.25) is 24.5 Å². The highest BCUT2D eigenvalue weighted by molar-refractivity contribution is 6.00. The number of benzene rings is 2. The van der Waals surface area contributed by atoms with Gasteiger partial charge in [-0.25, -0.2) is 0 Å². The van der Waals surface area contributed by atoms with Crippen LogP contribution in [0.3, 0.4) is 0 Å². The average molecular weight is 679 g/mol. The molecule has 2 atom stereocenters. The maximum atomic E-state index is 14.2. The van der Waals surface area contributed by atoms with Crippen LogP contribution in [0.15, 0.2) is 73.1 Å². The van der Waals surface area contributed by atoms with Gasteiger partial charge in [0.25, 0.3) is 5.91 Å². The van der Waals surface area contributed by atoms with Gasteiger partial charge >= 0.3 is 0 Å². The molecule has 1 aliphatic carbocycles. The quantitative estimate of drug-likeness (QED) is 0.201. The van der Waals surface area contributed by atoms with Gasteiger partial charge in [-0.1, -0.05) is 31.4 Å². The van der Waals surface area contributed by atoms with Crippen LogP contribution in [0.1, 0.15) is 66.4 Å². The second-order valence-electron chi connectivity index (χ2n) is 13.0. The first-order valence-corrected chi connectivity index (χ1v) is 16.6. The van der Waals surface area contributed by atoms with Gasteiger partial charge in [0, 0.05) is 48.6 Å². The number of piperidine rings is 1. The summed E-state index contributed by atoms with van der Waals surface area (Å²) in [6.45, 7) is 2.06. The number of hydrogen-bond acceptors (Lipinski definition) is 7. The van der Waals surface area contributed by atoms with Gasteiger partial charge in [-0.15, -0.1) is 12.4 Å². The molecule has 2 aromatic carbocycles. The molecule has 3 fully saturated rings. The summed E-state index contributed by atoms with van der Waals surface area (Å²) in [6.07, 6.45) is 7.89. The number of ether oxygens (including phenoxy) is 1. The monoisotopic (exact) mass is 678 g/mol. The van der Waals surface area contributed by atoms with Crippen LogP contribution in [0, 0.1) is 5.92 Å². The molecule has 4 N–H and O–H groups in total. The zero-order valence-electron chi connectivity index (χ0n) is 27.2. The summed E-state index contributed by atoms with van der Waals surface area (Å²) >= 11 is 0. The van der Waals surface area contributed by atoms with Crippen molar-refractivity contribution in [2.24, 2.45) is 5.92 Å². The molecule has 3 aromatic rings. The molecule has 2 saturated heterocycles.